The smallest absolute Gasteiger partial charge is 0.333 e. The lowest BCUT2D eigenvalue weighted by atomic mass is 9.55. The normalized spacial score (nSPS) is 30.6. The molecule has 2 rings (SSSR count). The molecule has 160 valence electrons. The largest absolute Gasteiger partial charge is 0.469 e. The predicted molar refractivity (Wildman–Crippen MR) is 105 cm³/mol. The van der Waals surface area contributed by atoms with Crippen LogP contribution in [0.2, 0.25) is 0 Å². The Morgan fingerprint density at radius 3 is 2.41 bits per heavy atom. The van der Waals surface area contributed by atoms with Crippen LogP contribution in [0.4, 0.5) is 0 Å². The van der Waals surface area contributed by atoms with Gasteiger partial charge in [-0.2, -0.15) is 0 Å². The molecule has 7 heteroatoms. The molecule has 0 spiro atoms. The maximum absolute atomic E-state index is 12.8. The monoisotopic (exact) mass is 406 g/mol. The number of hydrogen-bond acceptors (Lipinski definition) is 7. The molecular weight excluding hydrogens is 376 g/mol. The van der Waals surface area contributed by atoms with E-state index in [1.54, 1.807) is 32.9 Å². The standard InChI is InChI=1S/C22H30O7/c1-7-12(2)19(24)29-17-9-8-14-10-16(23)15(13(3)20(25)27-5)11-22(14,4)18(17)21(26)28-6/h7,11,13-14,17-18H,8-10H2,1-6H3/t13?,14-,17?,18?,22+/m1/s1. The molecule has 2 aliphatic rings. The van der Waals surface area contributed by atoms with Gasteiger partial charge in [-0.15, -0.1) is 0 Å². The van der Waals surface area contributed by atoms with E-state index in [1.165, 1.54) is 14.2 Å². The summed E-state index contributed by atoms with van der Waals surface area (Å²) in [5.74, 6) is -3.22. The second-order valence-corrected chi connectivity index (χ2v) is 8.03. The van der Waals surface area contributed by atoms with Crippen LogP contribution in [0, 0.1) is 23.2 Å². The van der Waals surface area contributed by atoms with E-state index in [2.05, 4.69) is 0 Å². The van der Waals surface area contributed by atoms with Crippen LogP contribution < -0.4 is 0 Å². The SMILES string of the molecule is CC=C(C)C(=O)OC1CC[C@@H]2CC(=O)C(C(C)C(=O)OC)=C[C@]2(C)C1C(=O)OC. The summed E-state index contributed by atoms with van der Waals surface area (Å²) in [5, 5.41) is 0. The number of methoxy groups -OCH3 is 2. The molecule has 0 aliphatic heterocycles. The van der Waals surface area contributed by atoms with Gasteiger partial charge >= 0.3 is 17.9 Å². The first-order valence-corrected chi connectivity index (χ1v) is 9.86. The highest BCUT2D eigenvalue weighted by atomic mass is 16.6. The minimum Gasteiger partial charge on any atom is -0.469 e. The first-order valence-electron chi connectivity index (χ1n) is 9.86. The van der Waals surface area contributed by atoms with E-state index < -0.39 is 41.3 Å². The average Bonchev–Trinajstić information content (AvgIpc) is 2.71. The summed E-state index contributed by atoms with van der Waals surface area (Å²) in [6.45, 7) is 6.88. The molecule has 0 aromatic heterocycles. The van der Waals surface area contributed by atoms with Crippen molar-refractivity contribution in [2.75, 3.05) is 14.2 Å². The van der Waals surface area contributed by atoms with Crippen LogP contribution in [0.1, 0.15) is 47.0 Å². The molecule has 0 amide bonds. The van der Waals surface area contributed by atoms with Crippen molar-refractivity contribution in [3.05, 3.63) is 23.3 Å². The van der Waals surface area contributed by atoms with E-state index in [0.29, 0.717) is 24.0 Å². The van der Waals surface area contributed by atoms with Gasteiger partial charge in [-0.05, 0) is 39.5 Å². The van der Waals surface area contributed by atoms with Gasteiger partial charge < -0.3 is 14.2 Å². The first-order chi connectivity index (χ1) is 13.6. The highest BCUT2D eigenvalue weighted by molar-refractivity contribution is 6.01. The second-order valence-electron chi connectivity index (χ2n) is 8.03. The molecule has 0 aromatic rings. The number of allylic oxidation sites excluding steroid dienone is 2. The molecule has 0 N–H and O–H groups in total. The summed E-state index contributed by atoms with van der Waals surface area (Å²) in [5.41, 5.74) is 0.00225. The Bertz CT molecular complexity index is 763. The fourth-order valence-electron chi connectivity index (χ4n) is 4.46. The zero-order valence-corrected chi connectivity index (χ0v) is 17.9. The summed E-state index contributed by atoms with van der Waals surface area (Å²) in [6.07, 6.45) is 4.01. The number of carbonyl (C=O) groups excluding carboxylic acids is 4. The topological polar surface area (TPSA) is 96.0 Å². The van der Waals surface area contributed by atoms with E-state index in [1.807, 2.05) is 6.92 Å². The van der Waals surface area contributed by atoms with Crippen molar-refractivity contribution in [3.63, 3.8) is 0 Å². The van der Waals surface area contributed by atoms with Crippen molar-refractivity contribution < 1.29 is 33.4 Å². The van der Waals surface area contributed by atoms with Crippen LogP contribution in [0.25, 0.3) is 0 Å². The third-order valence-corrected chi connectivity index (χ3v) is 6.43. The molecule has 3 unspecified atom stereocenters. The fraction of sp³-hybridized carbons (Fsp3) is 0.636. The highest BCUT2D eigenvalue weighted by Gasteiger charge is 2.55. The summed E-state index contributed by atoms with van der Waals surface area (Å²) >= 11 is 0. The van der Waals surface area contributed by atoms with Crippen molar-refractivity contribution in [2.24, 2.45) is 23.2 Å². The number of esters is 3. The van der Waals surface area contributed by atoms with Gasteiger partial charge in [0.2, 0.25) is 0 Å². The maximum Gasteiger partial charge on any atom is 0.333 e. The third kappa shape index (κ3) is 4.28. The van der Waals surface area contributed by atoms with Crippen molar-refractivity contribution in [3.8, 4) is 0 Å². The lowest BCUT2D eigenvalue weighted by Crippen LogP contribution is -2.53. The number of ketones is 1. The Hall–Kier alpha value is -2.44. The molecule has 1 saturated carbocycles. The van der Waals surface area contributed by atoms with Crippen molar-refractivity contribution in [2.45, 2.75) is 53.1 Å². The molecule has 0 bridgehead atoms. The minimum absolute atomic E-state index is 0.106. The van der Waals surface area contributed by atoms with Gasteiger partial charge in [0.1, 0.15) is 12.0 Å². The lowest BCUT2D eigenvalue weighted by molar-refractivity contribution is -0.172. The van der Waals surface area contributed by atoms with E-state index in [9.17, 15) is 19.2 Å². The van der Waals surface area contributed by atoms with Gasteiger partial charge in [-0.3, -0.25) is 14.4 Å². The number of fused-ring (bicyclic) bond motifs is 1. The van der Waals surface area contributed by atoms with Crippen molar-refractivity contribution in [1.29, 1.82) is 0 Å². The molecule has 0 radical (unpaired) electrons. The van der Waals surface area contributed by atoms with Gasteiger partial charge in [0, 0.05) is 23.0 Å². The van der Waals surface area contributed by atoms with Gasteiger partial charge in [0.15, 0.2) is 5.78 Å². The summed E-state index contributed by atoms with van der Waals surface area (Å²) in [4.78, 5) is 49.8. The van der Waals surface area contributed by atoms with Crippen LogP contribution in [-0.2, 0) is 33.4 Å². The summed E-state index contributed by atoms with van der Waals surface area (Å²) in [6, 6.07) is 0. The van der Waals surface area contributed by atoms with Gasteiger partial charge in [-0.1, -0.05) is 19.1 Å². The van der Waals surface area contributed by atoms with E-state index >= 15 is 0 Å². The van der Waals surface area contributed by atoms with Crippen molar-refractivity contribution in [1.82, 2.24) is 0 Å². The van der Waals surface area contributed by atoms with Crippen LogP contribution in [0.15, 0.2) is 23.3 Å². The summed E-state index contributed by atoms with van der Waals surface area (Å²) in [7, 11) is 2.56. The Morgan fingerprint density at radius 1 is 1.21 bits per heavy atom. The lowest BCUT2D eigenvalue weighted by Gasteiger charge is -2.49. The van der Waals surface area contributed by atoms with E-state index in [0.717, 1.165) is 0 Å². The quantitative estimate of drug-likeness (QED) is 0.393. The van der Waals surface area contributed by atoms with Crippen LogP contribution in [-0.4, -0.2) is 44.0 Å². The Kier molecular flexibility index (Phi) is 7.03. The van der Waals surface area contributed by atoms with Crippen molar-refractivity contribution >= 4 is 23.7 Å². The number of rotatable bonds is 5. The molecule has 0 aromatic carbocycles. The van der Waals surface area contributed by atoms with E-state index in [-0.39, 0.29) is 18.1 Å². The zero-order chi connectivity index (χ0) is 21.9. The van der Waals surface area contributed by atoms with E-state index in [4.69, 9.17) is 14.2 Å². The Balaban J connectivity index is 2.49. The molecule has 0 saturated heterocycles. The number of carbonyl (C=O) groups is 4. The molecule has 2 aliphatic carbocycles. The van der Waals surface area contributed by atoms with Gasteiger partial charge in [0.25, 0.3) is 0 Å². The molecule has 0 heterocycles. The highest BCUT2D eigenvalue weighted by Crippen LogP contribution is 2.53. The molecule has 5 atom stereocenters. The van der Waals surface area contributed by atoms with Gasteiger partial charge in [0.05, 0.1) is 20.1 Å². The minimum atomic E-state index is -0.786. The number of ether oxygens (including phenoxy) is 3. The fourth-order valence-corrected chi connectivity index (χ4v) is 4.46. The molecular formula is C22H30O7. The molecule has 1 fully saturated rings. The van der Waals surface area contributed by atoms with Crippen LogP contribution in [0.3, 0.4) is 0 Å². The summed E-state index contributed by atoms with van der Waals surface area (Å²) < 4.78 is 15.5. The zero-order valence-electron chi connectivity index (χ0n) is 17.9. The third-order valence-electron chi connectivity index (χ3n) is 6.43. The predicted octanol–water partition coefficient (Wildman–Crippen LogP) is 2.78. The second kappa shape index (κ2) is 8.93. The maximum atomic E-state index is 12.8. The number of hydrogen-bond donors (Lipinski definition) is 0. The van der Waals surface area contributed by atoms with Crippen LogP contribution >= 0.6 is 0 Å². The van der Waals surface area contributed by atoms with Crippen LogP contribution in [0.5, 0.6) is 0 Å². The molecule has 29 heavy (non-hydrogen) atoms. The molecule has 7 nitrogen and oxygen atoms in total. The van der Waals surface area contributed by atoms with Gasteiger partial charge in [-0.25, -0.2) is 4.79 Å². The first kappa shape index (κ1) is 22.8. The average molecular weight is 406 g/mol. The Morgan fingerprint density at radius 2 is 1.86 bits per heavy atom. The Labute approximate surface area is 171 Å². The number of Topliss-reactive ketones (excluding diaryl/α,β-unsaturated/α-hetero) is 1.